The molecule has 0 aromatic carbocycles. The number of carbonyl (C=O) groups excluding carboxylic acids is 1. The van der Waals surface area contributed by atoms with Gasteiger partial charge < -0.3 is 20.8 Å². The zero-order chi connectivity index (χ0) is 15.4. The third-order valence-corrected chi connectivity index (χ3v) is 3.56. The van der Waals surface area contributed by atoms with E-state index in [0.29, 0.717) is 12.8 Å². The van der Waals surface area contributed by atoms with Crippen LogP contribution in [-0.2, 0) is 14.4 Å². The summed E-state index contributed by atoms with van der Waals surface area (Å²) >= 11 is 0. The highest BCUT2D eigenvalue weighted by Gasteiger charge is 2.36. The highest BCUT2D eigenvalue weighted by Crippen LogP contribution is 2.24. The lowest BCUT2D eigenvalue weighted by molar-refractivity contribution is -0.149. The number of nitrogens with zero attached hydrogens (tertiary/aromatic N) is 1. The maximum absolute atomic E-state index is 13.8. The van der Waals surface area contributed by atoms with Crippen molar-refractivity contribution in [2.75, 3.05) is 6.54 Å². The monoisotopic (exact) mass is 290 g/mol. The molecule has 8 heteroatoms. The molecular formula is C12H19FN2O5. The Morgan fingerprint density at radius 3 is 2.45 bits per heavy atom. The Morgan fingerprint density at radius 1 is 1.35 bits per heavy atom. The average molecular weight is 290 g/mol. The van der Waals surface area contributed by atoms with Gasteiger partial charge in [-0.1, -0.05) is 0 Å². The number of hydrogen-bond acceptors (Lipinski definition) is 4. The van der Waals surface area contributed by atoms with Crippen molar-refractivity contribution in [2.45, 2.75) is 44.4 Å². The van der Waals surface area contributed by atoms with E-state index in [2.05, 4.69) is 0 Å². The van der Waals surface area contributed by atoms with Gasteiger partial charge in [-0.2, -0.15) is 0 Å². The third kappa shape index (κ3) is 3.89. The molecule has 1 heterocycles. The number of likely N-dealkylation sites (tertiary alicyclic amines) is 1. The molecule has 1 saturated heterocycles. The molecule has 4 N–H and O–H groups in total. The topological polar surface area (TPSA) is 121 Å². The molecule has 0 bridgehead atoms. The number of alkyl halides is 1. The van der Waals surface area contributed by atoms with E-state index in [-0.39, 0.29) is 12.6 Å². The summed E-state index contributed by atoms with van der Waals surface area (Å²) in [5.41, 5.74) is 5.19. The molecule has 0 aromatic rings. The van der Waals surface area contributed by atoms with Crippen molar-refractivity contribution >= 4 is 17.8 Å². The van der Waals surface area contributed by atoms with Crippen molar-refractivity contribution in [1.29, 1.82) is 0 Å². The van der Waals surface area contributed by atoms with Crippen LogP contribution in [0.3, 0.4) is 0 Å². The summed E-state index contributed by atoms with van der Waals surface area (Å²) in [6.07, 6.45) is -1.74. The van der Waals surface area contributed by atoms with Crippen LogP contribution in [0.1, 0.15) is 26.2 Å². The van der Waals surface area contributed by atoms with E-state index in [4.69, 9.17) is 15.9 Å². The van der Waals surface area contributed by atoms with E-state index >= 15 is 0 Å². The molecule has 1 rings (SSSR count). The van der Waals surface area contributed by atoms with Crippen LogP contribution in [-0.4, -0.2) is 57.8 Å². The van der Waals surface area contributed by atoms with Crippen molar-refractivity contribution in [2.24, 2.45) is 11.7 Å². The minimum Gasteiger partial charge on any atom is -0.481 e. The van der Waals surface area contributed by atoms with Gasteiger partial charge in [-0.25, -0.2) is 4.39 Å². The van der Waals surface area contributed by atoms with Gasteiger partial charge in [-0.3, -0.25) is 14.4 Å². The predicted octanol–water partition coefficient (Wildman–Crippen LogP) is -0.162. The van der Waals surface area contributed by atoms with E-state index < -0.39 is 42.4 Å². The molecule has 0 aliphatic carbocycles. The van der Waals surface area contributed by atoms with Crippen LogP contribution < -0.4 is 5.73 Å². The molecule has 114 valence electrons. The molecule has 1 aliphatic heterocycles. The predicted molar refractivity (Wildman–Crippen MR) is 66.7 cm³/mol. The maximum Gasteiger partial charge on any atom is 0.320 e. The Hall–Kier alpha value is -1.70. The smallest absolute Gasteiger partial charge is 0.320 e. The standard InChI is InChI=1S/C12H19FN2O5/c1-6-2-3-7(11(17)18)5-15(6)10(16)8(13)4-9(14)12(19)20/h6-9H,2-5,14H2,1H3,(H,17,18)(H,19,20)/t6?,7?,8-,9-/m0/s1. The van der Waals surface area contributed by atoms with Crippen molar-refractivity contribution in [3.05, 3.63) is 0 Å². The van der Waals surface area contributed by atoms with E-state index in [9.17, 15) is 18.8 Å². The van der Waals surface area contributed by atoms with E-state index in [1.54, 1.807) is 6.92 Å². The van der Waals surface area contributed by atoms with Crippen molar-refractivity contribution in [3.8, 4) is 0 Å². The summed E-state index contributed by atoms with van der Waals surface area (Å²) < 4.78 is 13.8. The Morgan fingerprint density at radius 2 is 1.95 bits per heavy atom. The number of carboxylic acid groups (broad SMARTS) is 2. The number of rotatable bonds is 5. The molecule has 0 radical (unpaired) electrons. The van der Waals surface area contributed by atoms with Crippen molar-refractivity contribution in [3.63, 3.8) is 0 Å². The van der Waals surface area contributed by atoms with Gasteiger partial charge in [0, 0.05) is 19.0 Å². The van der Waals surface area contributed by atoms with Gasteiger partial charge >= 0.3 is 11.9 Å². The summed E-state index contributed by atoms with van der Waals surface area (Å²) in [6, 6.07) is -1.72. The number of nitrogens with two attached hydrogens (primary N) is 1. The van der Waals surface area contributed by atoms with Crippen LogP contribution >= 0.6 is 0 Å². The zero-order valence-electron chi connectivity index (χ0n) is 11.2. The normalized spacial score (nSPS) is 25.9. The van der Waals surface area contributed by atoms with Gasteiger partial charge in [0.05, 0.1) is 5.92 Å². The maximum atomic E-state index is 13.8. The first-order valence-electron chi connectivity index (χ1n) is 6.39. The fourth-order valence-corrected chi connectivity index (χ4v) is 2.22. The second-order valence-corrected chi connectivity index (χ2v) is 5.10. The molecule has 4 atom stereocenters. The molecule has 0 saturated carbocycles. The minimum atomic E-state index is -2.03. The lowest BCUT2D eigenvalue weighted by Crippen LogP contribution is -2.51. The van der Waals surface area contributed by atoms with Gasteiger partial charge in [-0.15, -0.1) is 0 Å². The molecule has 1 aliphatic rings. The molecule has 0 spiro atoms. The first kappa shape index (κ1) is 16.4. The fourth-order valence-electron chi connectivity index (χ4n) is 2.22. The summed E-state index contributed by atoms with van der Waals surface area (Å²) in [5, 5.41) is 17.5. The number of halogens is 1. The first-order valence-corrected chi connectivity index (χ1v) is 6.39. The number of aliphatic carboxylic acids is 2. The van der Waals surface area contributed by atoms with Gasteiger partial charge in [0.2, 0.25) is 0 Å². The molecule has 1 fully saturated rings. The second kappa shape index (κ2) is 6.65. The molecule has 1 amide bonds. The Bertz CT molecular complexity index is 403. The summed E-state index contributed by atoms with van der Waals surface area (Å²) in [5.74, 6) is -4.00. The van der Waals surface area contributed by atoms with Crippen molar-refractivity contribution in [1.82, 2.24) is 4.90 Å². The quantitative estimate of drug-likeness (QED) is 0.647. The summed E-state index contributed by atoms with van der Waals surface area (Å²) in [6.45, 7) is 1.65. The number of hydrogen-bond donors (Lipinski definition) is 3. The molecular weight excluding hydrogens is 271 g/mol. The minimum absolute atomic E-state index is 0.0575. The van der Waals surface area contributed by atoms with Crippen LogP contribution in [0.25, 0.3) is 0 Å². The van der Waals surface area contributed by atoms with Crippen LogP contribution in [0.15, 0.2) is 0 Å². The first-order chi connectivity index (χ1) is 9.23. The SMILES string of the molecule is CC1CCC(C(=O)O)CN1C(=O)[C@@H](F)C[C@H](N)C(=O)O. The van der Waals surface area contributed by atoms with Crippen LogP contribution in [0.4, 0.5) is 4.39 Å². The zero-order valence-corrected chi connectivity index (χ0v) is 11.2. The van der Waals surface area contributed by atoms with E-state index in [1.807, 2.05) is 0 Å². The highest BCUT2D eigenvalue weighted by molar-refractivity contribution is 5.83. The lowest BCUT2D eigenvalue weighted by atomic mass is 9.93. The van der Waals surface area contributed by atoms with Gasteiger partial charge in [-0.05, 0) is 19.8 Å². The molecule has 2 unspecified atom stereocenters. The van der Waals surface area contributed by atoms with E-state index in [0.717, 1.165) is 0 Å². The number of piperidine rings is 1. The number of carboxylic acids is 2. The summed E-state index contributed by atoms with van der Waals surface area (Å²) in [7, 11) is 0. The summed E-state index contributed by atoms with van der Waals surface area (Å²) in [4.78, 5) is 34.6. The lowest BCUT2D eigenvalue weighted by Gasteiger charge is -2.37. The molecule has 7 nitrogen and oxygen atoms in total. The van der Waals surface area contributed by atoms with Crippen molar-refractivity contribution < 1.29 is 29.0 Å². The highest BCUT2D eigenvalue weighted by atomic mass is 19.1. The average Bonchev–Trinajstić information content (AvgIpc) is 2.37. The molecule has 20 heavy (non-hydrogen) atoms. The van der Waals surface area contributed by atoms with Gasteiger partial charge in [0.1, 0.15) is 6.04 Å². The number of amides is 1. The van der Waals surface area contributed by atoms with Crippen LogP contribution in [0, 0.1) is 5.92 Å². The largest absolute Gasteiger partial charge is 0.481 e. The van der Waals surface area contributed by atoms with Gasteiger partial charge in [0.25, 0.3) is 5.91 Å². The Balaban J connectivity index is 2.68. The third-order valence-electron chi connectivity index (χ3n) is 3.56. The van der Waals surface area contributed by atoms with Gasteiger partial charge in [0.15, 0.2) is 6.17 Å². The molecule has 0 aromatic heterocycles. The fraction of sp³-hybridized carbons (Fsp3) is 0.750. The Kier molecular flexibility index (Phi) is 5.43. The van der Waals surface area contributed by atoms with Crippen LogP contribution in [0.5, 0.6) is 0 Å². The van der Waals surface area contributed by atoms with Crippen LogP contribution in [0.2, 0.25) is 0 Å². The van der Waals surface area contributed by atoms with E-state index in [1.165, 1.54) is 4.90 Å². The number of carbonyl (C=O) groups is 3. The second-order valence-electron chi connectivity index (χ2n) is 5.10. The Labute approximate surface area is 115 Å².